The SMILES string of the molecule is CCCC(CC)n1cnc2c3c(c(Br)cc2c1=O)=CCCC=3. The number of aromatic nitrogens is 2. The van der Waals surface area contributed by atoms with E-state index in [4.69, 9.17) is 0 Å². The van der Waals surface area contributed by atoms with Gasteiger partial charge in [0.1, 0.15) is 0 Å². The van der Waals surface area contributed by atoms with Crippen LogP contribution in [0.3, 0.4) is 0 Å². The van der Waals surface area contributed by atoms with Crippen LogP contribution in [-0.2, 0) is 0 Å². The summed E-state index contributed by atoms with van der Waals surface area (Å²) >= 11 is 3.62. The van der Waals surface area contributed by atoms with Crippen LogP contribution in [0.4, 0.5) is 0 Å². The first-order chi connectivity index (χ1) is 10.7. The van der Waals surface area contributed by atoms with E-state index in [1.54, 1.807) is 6.33 Å². The Morgan fingerprint density at radius 2 is 2.00 bits per heavy atom. The number of hydrogen-bond acceptors (Lipinski definition) is 2. The molecule has 3 rings (SSSR count). The van der Waals surface area contributed by atoms with Crippen molar-refractivity contribution in [1.29, 1.82) is 0 Å². The normalized spacial score (nSPS) is 15.0. The van der Waals surface area contributed by atoms with Gasteiger partial charge in [-0.2, -0.15) is 0 Å². The predicted molar refractivity (Wildman–Crippen MR) is 95.4 cm³/mol. The van der Waals surface area contributed by atoms with E-state index in [9.17, 15) is 4.79 Å². The second-order valence-corrected chi connectivity index (χ2v) is 6.73. The van der Waals surface area contributed by atoms with Gasteiger partial charge in [0.25, 0.3) is 5.56 Å². The molecule has 0 N–H and O–H groups in total. The third kappa shape index (κ3) is 2.54. The molecule has 0 bridgehead atoms. The smallest absolute Gasteiger partial charge is 0.261 e. The van der Waals surface area contributed by atoms with Crippen LogP contribution >= 0.6 is 15.9 Å². The second-order valence-electron chi connectivity index (χ2n) is 5.88. The second kappa shape index (κ2) is 6.37. The zero-order valence-corrected chi connectivity index (χ0v) is 14.7. The van der Waals surface area contributed by atoms with Gasteiger partial charge in [0.05, 0.1) is 17.2 Å². The molecule has 1 atom stereocenters. The third-order valence-electron chi connectivity index (χ3n) is 4.46. The highest BCUT2D eigenvalue weighted by Crippen LogP contribution is 2.17. The maximum Gasteiger partial charge on any atom is 0.261 e. The highest BCUT2D eigenvalue weighted by Gasteiger charge is 2.14. The molecule has 1 aliphatic rings. The number of fused-ring (bicyclic) bond motifs is 3. The number of rotatable bonds is 4. The van der Waals surface area contributed by atoms with Crippen molar-refractivity contribution in [3.05, 3.63) is 37.7 Å². The molecular weight excluding hydrogens is 340 g/mol. The van der Waals surface area contributed by atoms with Gasteiger partial charge in [0.2, 0.25) is 0 Å². The van der Waals surface area contributed by atoms with Gasteiger partial charge in [-0.25, -0.2) is 4.98 Å². The summed E-state index contributed by atoms with van der Waals surface area (Å²) in [6.45, 7) is 4.28. The first-order valence-electron chi connectivity index (χ1n) is 8.07. The Hall–Kier alpha value is -1.42. The van der Waals surface area contributed by atoms with Gasteiger partial charge in [0.15, 0.2) is 0 Å². The van der Waals surface area contributed by atoms with Gasteiger partial charge in [-0.3, -0.25) is 9.36 Å². The monoisotopic (exact) mass is 360 g/mol. The maximum atomic E-state index is 12.9. The molecule has 116 valence electrons. The van der Waals surface area contributed by atoms with Crippen LogP contribution < -0.4 is 16.0 Å². The molecule has 2 aromatic rings. The zero-order valence-electron chi connectivity index (χ0n) is 13.1. The van der Waals surface area contributed by atoms with Crippen molar-refractivity contribution in [3.8, 4) is 0 Å². The van der Waals surface area contributed by atoms with Crippen LogP contribution in [0.2, 0.25) is 0 Å². The van der Waals surface area contributed by atoms with Crippen LogP contribution in [0, 0.1) is 0 Å². The minimum absolute atomic E-state index is 0.0766. The Morgan fingerprint density at radius 3 is 2.68 bits per heavy atom. The lowest BCUT2D eigenvalue weighted by Crippen LogP contribution is -2.33. The fourth-order valence-electron chi connectivity index (χ4n) is 3.29. The summed E-state index contributed by atoms with van der Waals surface area (Å²) in [6.07, 6.45) is 11.2. The van der Waals surface area contributed by atoms with Crippen LogP contribution in [0.1, 0.15) is 52.0 Å². The number of halogens is 1. The summed E-state index contributed by atoms with van der Waals surface area (Å²) < 4.78 is 2.81. The molecule has 0 saturated heterocycles. The number of nitrogens with zero attached hydrogens (tertiary/aromatic N) is 2. The zero-order chi connectivity index (χ0) is 15.7. The first kappa shape index (κ1) is 15.5. The lowest BCUT2D eigenvalue weighted by atomic mass is 10.0. The Balaban J connectivity index is 2.32. The van der Waals surface area contributed by atoms with Crippen molar-refractivity contribution < 1.29 is 0 Å². The molecule has 1 aliphatic carbocycles. The summed E-state index contributed by atoms with van der Waals surface area (Å²) in [5.41, 5.74) is 0.912. The largest absolute Gasteiger partial charge is 0.296 e. The minimum atomic E-state index is 0.0766. The fraction of sp³-hybridized carbons (Fsp3) is 0.444. The van der Waals surface area contributed by atoms with E-state index in [-0.39, 0.29) is 11.6 Å². The Labute approximate surface area is 138 Å². The lowest BCUT2D eigenvalue weighted by molar-refractivity contribution is 0.433. The maximum absolute atomic E-state index is 12.9. The van der Waals surface area contributed by atoms with E-state index in [1.165, 1.54) is 5.22 Å². The molecule has 0 saturated carbocycles. The van der Waals surface area contributed by atoms with Crippen LogP contribution in [0.15, 0.2) is 21.7 Å². The molecule has 22 heavy (non-hydrogen) atoms. The topological polar surface area (TPSA) is 34.9 Å². The molecule has 1 aromatic heterocycles. The predicted octanol–water partition coefficient (Wildman–Crippen LogP) is 3.27. The van der Waals surface area contributed by atoms with E-state index in [2.05, 4.69) is 46.9 Å². The molecular formula is C18H21BrN2O. The molecule has 1 heterocycles. The Morgan fingerprint density at radius 1 is 1.27 bits per heavy atom. The number of benzene rings is 1. The highest BCUT2D eigenvalue weighted by atomic mass is 79.9. The van der Waals surface area contributed by atoms with Crippen molar-refractivity contribution >= 4 is 39.0 Å². The highest BCUT2D eigenvalue weighted by molar-refractivity contribution is 9.10. The van der Waals surface area contributed by atoms with Gasteiger partial charge in [-0.15, -0.1) is 0 Å². The van der Waals surface area contributed by atoms with E-state index in [0.29, 0.717) is 5.39 Å². The van der Waals surface area contributed by atoms with E-state index >= 15 is 0 Å². The molecule has 0 spiro atoms. The molecule has 1 unspecified atom stereocenters. The van der Waals surface area contributed by atoms with Crippen molar-refractivity contribution in [1.82, 2.24) is 9.55 Å². The molecule has 1 aromatic carbocycles. The standard InChI is InChI=1S/C18H21BrN2O/c1-3-7-12(4-2)21-11-20-17-14-9-6-5-8-13(14)16(19)10-15(17)18(21)22/h8-12H,3-7H2,1-2H3. The fourth-order valence-corrected chi connectivity index (χ4v) is 3.89. The average molecular weight is 361 g/mol. The summed E-state index contributed by atoms with van der Waals surface area (Å²) in [5.74, 6) is 0. The van der Waals surface area contributed by atoms with Gasteiger partial charge >= 0.3 is 0 Å². The van der Waals surface area contributed by atoms with Crippen molar-refractivity contribution in [2.24, 2.45) is 0 Å². The van der Waals surface area contributed by atoms with Crippen LogP contribution in [0.5, 0.6) is 0 Å². The van der Waals surface area contributed by atoms with Crippen LogP contribution in [-0.4, -0.2) is 9.55 Å². The molecule has 0 aliphatic heterocycles. The minimum Gasteiger partial charge on any atom is -0.296 e. The molecule has 3 nitrogen and oxygen atoms in total. The van der Waals surface area contributed by atoms with Crippen molar-refractivity contribution in [2.75, 3.05) is 0 Å². The van der Waals surface area contributed by atoms with Gasteiger partial charge in [-0.05, 0) is 37.0 Å². The molecule has 4 heteroatoms. The van der Waals surface area contributed by atoms with E-state index in [0.717, 1.165) is 47.3 Å². The summed E-state index contributed by atoms with van der Waals surface area (Å²) in [4.78, 5) is 17.6. The molecule has 0 radical (unpaired) electrons. The van der Waals surface area contributed by atoms with Crippen molar-refractivity contribution in [2.45, 2.75) is 52.0 Å². The summed E-state index contributed by atoms with van der Waals surface area (Å²) in [5, 5.41) is 2.99. The third-order valence-corrected chi connectivity index (χ3v) is 5.11. The quantitative estimate of drug-likeness (QED) is 0.838. The number of hydrogen-bond donors (Lipinski definition) is 0. The van der Waals surface area contributed by atoms with E-state index < -0.39 is 0 Å². The average Bonchev–Trinajstić information content (AvgIpc) is 2.54. The Bertz CT molecular complexity index is 883. The lowest BCUT2D eigenvalue weighted by Gasteiger charge is -2.17. The Kier molecular flexibility index (Phi) is 4.48. The summed E-state index contributed by atoms with van der Waals surface area (Å²) in [7, 11) is 0. The summed E-state index contributed by atoms with van der Waals surface area (Å²) in [6, 6.07) is 2.17. The molecule has 0 amide bonds. The van der Waals surface area contributed by atoms with E-state index in [1.807, 2.05) is 10.6 Å². The van der Waals surface area contributed by atoms with Gasteiger partial charge < -0.3 is 0 Å². The van der Waals surface area contributed by atoms with Gasteiger partial charge in [-0.1, -0.05) is 48.4 Å². The van der Waals surface area contributed by atoms with Crippen LogP contribution in [0.25, 0.3) is 23.1 Å². The van der Waals surface area contributed by atoms with Gasteiger partial charge in [0, 0.05) is 15.7 Å². The first-order valence-corrected chi connectivity index (χ1v) is 8.86. The molecule has 0 fully saturated rings. The van der Waals surface area contributed by atoms with Crippen molar-refractivity contribution in [3.63, 3.8) is 0 Å².